The zero-order valence-electron chi connectivity index (χ0n) is 10.8. The van der Waals surface area contributed by atoms with Crippen LogP contribution in [-0.2, 0) is 4.74 Å². The number of anilines is 1. The molecule has 0 spiro atoms. The van der Waals surface area contributed by atoms with Crippen LogP contribution in [0.25, 0.3) is 0 Å². The van der Waals surface area contributed by atoms with Crippen molar-refractivity contribution in [3.63, 3.8) is 0 Å². The first-order valence-electron chi connectivity index (χ1n) is 6.11. The molecular formula is C12H21N3O2. The molecule has 2 N–H and O–H groups in total. The highest BCUT2D eigenvalue weighted by Crippen LogP contribution is 2.21. The minimum Gasteiger partial charge on any atom is -0.461 e. The fourth-order valence-electron chi connectivity index (χ4n) is 1.72. The highest BCUT2D eigenvalue weighted by molar-refractivity contribution is 5.92. The molecule has 1 heterocycles. The van der Waals surface area contributed by atoms with Crippen LogP contribution in [0.3, 0.4) is 0 Å². The van der Waals surface area contributed by atoms with Gasteiger partial charge in [-0.25, -0.2) is 9.78 Å². The Morgan fingerprint density at radius 3 is 2.88 bits per heavy atom. The molecule has 1 rings (SSSR count). The zero-order valence-corrected chi connectivity index (χ0v) is 10.8. The van der Waals surface area contributed by atoms with E-state index >= 15 is 0 Å². The number of nitrogens with two attached hydrogens (primary N) is 1. The maximum absolute atomic E-state index is 11.5. The normalized spacial score (nSPS) is 12.4. The number of aromatic nitrogens is 2. The second-order valence-corrected chi connectivity index (χ2v) is 4.10. The molecular weight excluding hydrogens is 218 g/mol. The van der Waals surface area contributed by atoms with Gasteiger partial charge in [0.15, 0.2) is 5.69 Å². The lowest BCUT2D eigenvalue weighted by Crippen LogP contribution is -2.12. The largest absolute Gasteiger partial charge is 0.461 e. The van der Waals surface area contributed by atoms with Crippen LogP contribution in [0.4, 0.5) is 5.82 Å². The molecule has 0 amide bonds. The van der Waals surface area contributed by atoms with Gasteiger partial charge in [0.2, 0.25) is 0 Å². The first-order valence-corrected chi connectivity index (χ1v) is 6.11. The Bertz CT molecular complexity index is 374. The minimum absolute atomic E-state index is 0.218. The summed E-state index contributed by atoms with van der Waals surface area (Å²) >= 11 is 0. The van der Waals surface area contributed by atoms with Crippen molar-refractivity contribution >= 4 is 11.8 Å². The predicted molar refractivity (Wildman–Crippen MR) is 66.8 cm³/mol. The SMILES string of the molecule is CCCCC(C)n1cnc(C(=O)OCC)c1N. The molecule has 1 aromatic heterocycles. The summed E-state index contributed by atoms with van der Waals surface area (Å²) in [6.07, 6.45) is 4.92. The van der Waals surface area contributed by atoms with Crippen LogP contribution in [0.2, 0.25) is 0 Å². The van der Waals surface area contributed by atoms with E-state index in [4.69, 9.17) is 10.5 Å². The Morgan fingerprint density at radius 1 is 1.59 bits per heavy atom. The van der Waals surface area contributed by atoms with Gasteiger partial charge in [-0.3, -0.25) is 0 Å². The lowest BCUT2D eigenvalue weighted by Gasteiger charge is -2.14. The van der Waals surface area contributed by atoms with Crippen molar-refractivity contribution in [2.45, 2.75) is 46.1 Å². The van der Waals surface area contributed by atoms with Crippen LogP contribution in [0.1, 0.15) is 56.6 Å². The van der Waals surface area contributed by atoms with Crippen molar-refractivity contribution < 1.29 is 9.53 Å². The van der Waals surface area contributed by atoms with Crippen LogP contribution in [0.15, 0.2) is 6.33 Å². The van der Waals surface area contributed by atoms with E-state index in [1.807, 2.05) is 4.57 Å². The van der Waals surface area contributed by atoms with Crippen LogP contribution in [0.5, 0.6) is 0 Å². The third kappa shape index (κ3) is 3.22. The van der Waals surface area contributed by atoms with E-state index < -0.39 is 5.97 Å². The number of nitrogen functional groups attached to an aromatic ring is 1. The molecule has 1 aromatic rings. The van der Waals surface area contributed by atoms with Gasteiger partial charge in [0.25, 0.3) is 0 Å². The van der Waals surface area contributed by atoms with E-state index in [2.05, 4.69) is 18.8 Å². The van der Waals surface area contributed by atoms with E-state index in [0.717, 1.165) is 19.3 Å². The summed E-state index contributed by atoms with van der Waals surface area (Å²) in [5.41, 5.74) is 6.12. The van der Waals surface area contributed by atoms with Gasteiger partial charge in [0.1, 0.15) is 5.82 Å². The molecule has 0 aliphatic rings. The first kappa shape index (κ1) is 13.5. The molecule has 0 aromatic carbocycles. The van der Waals surface area contributed by atoms with Gasteiger partial charge in [0.05, 0.1) is 12.9 Å². The lowest BCUT2D eigenvalue weighted by atomic mass is 10.1. The number of hydrogen-bond acceptors (Lipinski definition) is 4. The maximum Gasteiger partial charge on any atom is 0.360 e. The zero-order chi connectivity index (χ0) is 12.8. The topological polar surface area (TPSA) is 70.1 Å². The van der Waals surface area contributed by atoms with Crippen molar-refractivity contribution in [1.82, 2.24) is 9.55 Å². The van der Waals surface area contributed by atoms with Gasteiger partial charge in [-0.05, 0) is 20.3 Å². The van der Waals surface area contributed by atoms with E-state index in [0.29, 0.717) is 12.4 Å². The molecule has 0 aliphatic heterocycles. The van der Waals surface area contributed by atoms with Crippen molar-refractivity contribution in [1.29, 1.82) is 0 Å². The average Bonchev–Trinajstić information content (AvgIpc) is 2.68. The van der Waals surface area contributed by atoms with Gasteiger partial charge >= 0.3 is 5.97 Å². The summed E-state index contributed by atoms with van der Waals surface area (Å²) in [6, 6.07) is 0.255. The number of esters is 1. The molecule has 0 bridgehead atoms. The summed E-state index contributed by atoms with van der Waals surface area (Å²) in [4.78, 5) is 15.6. The molecule has 0 aliphatic carbocycles. The number of ether oxygens (including phenoxy) is 1. The van der Waals surface area contributed by atoms with Gasteiger partial charge in [-0.1, -0.05) is 19.8 Å². The van der Waals surface area contributed by atoms with Gasteiger partial charge in [-0.15, -0.1) is 0 Å². The van der Waals surface area contributed by atoms with Crippen molar-refractivity contribution in [2.75, 3.05) is 12.3 Å². The molecule has 0 saturated carbocycles. The van der Waals surface area contributed by atoms with Crippen LogP contribution < -0.4 is 5.73 Å². The highest BCUT2D eigenvalue weighted by Gasteiger charge is 2.18. The monoisotopic (exact) mass is 239 g/mol. The quantitative estimate of drug-likeness (QED) is 0.774. The number of rotatable bonds is 6. The third-order valence-corrected chi connectivity index (χ3v) is 2.75. The molecule has 1 atom stereocenters. The molecule has 1 unspecified atom stereocenters. The van der Waals surface area contributed by atoms with Crippen molar-refractivity contribution in [2.24, 2.45) is 0 Å². The Labute approximate surface area is 102 Å². The Balaban J connectivity index is 2.79. The second kappa shape index (κ2) is 6.27. The fourth-order valence-corrected chi connectivity index (χ4v) is 1.72. The summed E-state index contributed by atoms with van der Waals surface area (Å²) in [5.74, 6) is -0.0569. The van der Waals surface area contributed by atoms with Crippen LogP contribution >= 0.6 is 0 Å². The molecule has 0 radical (unpaired) electrons. The number of carbonyl (C=O) groups excluding carboxylic acids is 1. The minimum atomic E-state index is -0.452. The fraction of sp³-hybridized carbons (Fsp3) is 0.667. The Hall–Kier alpha value is -1.52. The van der Waals surface area contributed by atoms with E-state index in [1.165, 1.54) is 0 Å². The Morgan fingerprint density at radius 2 is 2.29 bits per heavy atom. The van der Waals surface area contributed by atoms with E-state index in [-0.39, 0.29) is 11.7 Å². The predicted octanol–water partition coefficient (Wildman–Crippen LogP) is 2.39. The number of carbonyl (C=O) groups is 1. The number of unbranched alkanes of at least 4 members (excludes halogenated alkanes) is 1. The second-order valence-electron chi connectivity index (χ2n) is 4.10. The van der Waals surface area contributed by atoms with Crippen molar-refractivity contribution in [3.05, 3.63) is 12.0 Å². The summed E-state index contributed by atoms with van der Waals surface area (Å²) < 4.78 is 6.72. The molecule has 0 fully saturated rings. The maximum atomic E-state index is 11.5. The molecule has 96 valence electrons. The summed E-state index contributed by atoms with van der Waals surface area (Å²) in [6.45, 7) is 6.31. The van der Waals surface area contributed by atoms with Gasteiger partial charge in [0, 0.05) is 6.04 Å². The van der Waals surface area contributed by atoms with Gasteiger partial charge in [-0.2, -0.15) is 0 Å². The molecule has 5 nitrogen and oxygen atoms in total. The lowest BCUT2D eigenvalue weighted by molar-refractivity contribution is 0.0521. The highest BCUT2D eigenvalue weighted by atomic mass is 16.5. The van der Waals surface area contributed by atoms with Gasteiger partial charge < -0.3 is 15.0 Å². The molecule has 17 heavy (non-hydrogen) atoms. The van der Waals surface area contributed by atoms with Crippen LogP contribution in [-0.4, -0.2) is 22.1 Å². The molecule has 0 saturated heterocycles. The summed E-state index contributed by atoms with van der Waals surface area (Å²) in [7, 11) is 0. The standard InChI is InChI=1S/C12H21N3O2/c1-4-6-7-9(3)15-8-14-10(11(15)13)12(16)17-5-2/h8-9H,4-7,13H2,1-3H3. The average molecular weight is 239 g/mol. The number of hydrogen-bond donors (Lipinski definition) is 1. The van der Waals surface area contributed by atoms with Crippen LogP contribution in [0, 0.1) is 0 Å². The van der Waals surface area contributed by atoms with E-state index in [9.17, 15) is 4.79 Å². The summed E-state index contributed by atoms with van der Waals surface area (Å²) in [5, 5.41) is 0. The first-order chi connectivity index (χ1) is 8.11. The third-order valence-electron chi connectivity index (χ3n) is 2.75. The molecule has 5 heteroatoms. The number of nitrogens with zero attached hydrogens (tertiary/aromatic N) is 2. The Kier molecular flexibility index (Phi) is 5.00. The van der Waals surface area contributed by atoms with Crippen molar-refractivity contribution in [3.8, 4) is 0 Å². The van der Waals surface area contributed by atoms with E-state index in [1.54, 1.807) is 13.3 Å². The number of imidazole rings is 1. The smallest absolute Gasteiger partial charge is 0.360 e.